The van der Waals surface area contributed by atoms with E-state index >= 15 is 0 Å². The van der Waals surface area contributed by atoms with Crippen LogP contribution in [0.2, 0.25) is 0 Å². The number of nitrogens with one attached hydrogen (secondary N) is 1. The molecule has 0 saturated carbocycles. The van der Waals surface area contributed by atoms with E-state index in [-0.39, 0.29) is 4.90 Å². The first-order valence-corrected chi connectivity index (χ1v) is 11.8. The lowest BCUT2D eigenvalue weighted by Crippen LogP contribution is -2.38. The fraction of sp³-hybridized carbons (Fsp3) is 0.333. The first-order valence-electron chi connectivity index (χ1n) is 8.32. The van der Waals surface area contributed by atoms with Crippen molar-refractivity contribution in [3.05, 3.63) is 59.7 Å². The molecule has 29 heavy (non-hydrogen) atoms. The van der Waals surface area contributed by atoms with E-state index < -0.39 is 43.3 Å². The predicted octanol–water partition coefficient (Wildman–Crippen LogP) is 3.35. The Labute approximate surface area is 167 Å². The van der Waals surface area contributed by atoms with Gasteiger partial charge in [-0.3, -0.25) is 0 Å². The van der Waals surface area contributed by atoms with E-state index in [9.17, 15) is 30.0 Å². The van der Waals surface area contributed by atoms with Crippen LogP contribution in [0.25, 0.3) is 0 Å². The number of rotatable bonds is 7. The Kier molecular flexibility index (Phi) is 6.65. The summed E-state index contributed by atoms with van der Waals surface area (Å²) in [6.45, 7) is 3.20. The molecule has 1 N–H and O–H groups in total. The van der Waals surface area contributed by atoms with Crippen molar-refractivity contribution in [2.75, 3.05) is 6.26 Å². The zero-order valence-electron chi connectivity index (χ0n) is 15.8. The van der Waals surface area contributed by atoms with Crippen molar-refractivity contribution in [3.8, 4) is 5.75 Å². The van der Waals surface area contributed by atoms with Gasteiger partial charge in [0.15, 0.2) is 9.84 Å². The first kappa shape index (κ1) is 23.2. The maximum atomic E-state index is 12.7. The minimum absolute atomic E-state index is 0.329. The van der Waals surface area contributed by atoms with E-state index in [1.54, 1.807) is 24.3 Å². The quantitative estimate of drug-likeness (QED) is 0.697. The summed E-state index contributed by atoms with van der Waals surface area (Å²) in [6, 6.07) is 9.19. The van der Waals surface area contributed by atoms with Gasteiger partial charge in [0.25, 0.3) is 0 Å². The second-order valence-corrected chi connectivity index (χ2v) is 10.7. The van der Waals surface area contributed by atoms with Crippen LogP contribution >= 0.6 is 0 Å². The number of halogens is 3. The third-order valence-corrected chi connectivity index (χ3v) is 7.31. The maximum absolute atomic E-state index is 12.7. The van der Waals surface area contributed by atoms with Crippen molar-refractivity contribution >= 4 is 19.9 Å². The van der Waals surface area contributed by atoms with Crippen molar-refractivity contribution < 1.29 is 34.7 Å². The monoisotopic (exact) mass is 451 g/mol. The Morgan fingerprint density at radius 2 is 1.45 bits per heavy atom. The molecule has 2 aromatic rings. The largest absolute Gasteiger partial charge is 0.573 e. The summed E-state index contributed by atoms with van der Waals surface area (Å²) in [7, 11) is -7.85. The van der Waals surface area contributed by atoms with Crippen molar-refractivity contribution in [3.63, 3.8) is 0 Å². The van der Waals surface area contributed by atoms with E-state index in [0.717, 1.165) is 36.1 Å². The number of alkyl halides is 3. The number of benzene rings is 2. The van der Waals surface area contributed by atoms with Crippen LogP contribution in [0.5, 0.6) is 5.75 Å². The minimum Gasteiger partial charge on any atom is -0.406 e. The number of sulfone groups is 1. The summed E-state index contributed by atoms with van der Waals surface area (Å²) in [6.07, 6.45) is -3.91. The highest BCUT2D eigenvalue weighted by molar-refractivity contribution is 7.91. The van der Waals surface area contributed by atoms with Crippen molar-refractivity contribution in [1.29, 1.82) is 0 Å². The molecule has 2 aromatic carbocycles. The fourth-order valence-corrected chi connectivity index (χ4v) is 4.62. The molecule has 2 atom stereocenters. The molecule has 0 bridgehead atoms. The van der Waals surface area contributed by atoms with Crippen LogP contribution in [-0.2, 0) is 19.9 Å². The number of aryl methyl sites for hydroxylation is 1. The highest BCUT2D eigenvalue weighted by atomic mass is 32.2. The number of hydrogen-bond donors (Lipinski definition) is 1. The van der Waals surface area contributed by atoms with Crippen LogP contribution in [0.4, 0.5) is 13.2 Å². The van der Waals surface area contributed by atoms with Gasteiger partial charge in [-0.25, -0.2) is 21.6 Å². The van der Waals surface area contributed by atoms with Crippen molar-refractivity contribution in [2.45, 2.75) is 36.4 Å². The van der Waals surface area contributed by atoms with Gasteiger partial charge >= 0.3 is 6.36 Å². The van der Waals surface area contributed by atoms with Gasteiger partial charge in [0.1, 0.15) is 5.75 Å². The highest BCUT2D eigenvalue weighted by Crippen LogP contribution is 2.27. The lowest BCUT2D eigenvalue weighted by atomic mass is 10.0. The van der Waals surface area contributed by atoms with Crippen molar-refractivity contribution in [1.82, 2.24) is 4.72 Å². The summed E-state index contributed by atoms with van der Waals surface area (Å²) < 4.78 is 92.4. The Hall–Kier alpha value is -2.11. The number of sulfonamides is 1. The standard InChI is InChI=1S/C18H20F3NO5S2/c1-12-4-6-14(7-5-12)17(13(2)28(3,23)24)22-29(25,26)16-10-8-15(9-11-16)27-18(19,20)21/h4-11,13,17,22H,1-3H3/t13-,17-/m1/s1. The van der Waals surface area contributed by atoms with Crippen LogP contribution in [0.1, 0.15) is 24.1 Å². The summed E-state index contributed by atoms with van der Waals surface area (Å²) in [5.41, 5.74) is 1.34. The van der Waals surface area contributed by atoms with Crippen LogP contribution in [0.15, 0.2) is 53.4 Å². The first-order chi connectivity index (χ1) is 13.2. The van der Waals surface area contributed by atoms with Crippen molar-refractivity contribution in [2.24, 2.45) is 0 Å². The SMILES string of the molecule is Cc1ccc([C@H](NS(=O)(=O)c2ccc(OC(F)(F)F)cc2)[C@@H](C)S(C)(=O)=O)cc1. The van der Waals surface area contributed by atoms with E-state index in [1.807, 2.05) is 6.92 Å². The molecule has 0 heterocycles. The molecule has 0 unspecified atom stereocenters. The lowest BCUT2D eigenvalue weighted by molar-refractivity contribution is -0.274. The molecule has 0 aliphatic carbocycles. The van der Waals surface area contributed by atoms with Gasteiger partial charge < -0.3 is 4.74 Å². The molecule has 160 valence electrons. The fourth-order valence-electron chi connectivity index (χ4n) is 2.51. The van der Waals surface area contributed by atoms with E-state index in [0.29, 0.717) is 5.56 Å². The average molecular weight is 451 g/mol. The van der Waals surface area contributed by atoms with Gasteiger partial charge in [-0.1, -0.05) is 29.8 Å². The molecule has 0 fully saturated rings. The molecule has 0 aliphatic heterocycles. The van der Waals surface area contributed by atoms with Gasteiger partial charge in [-0.15, -0.1) is 13.2 Å². The molecule has 6 nitrogen and oxygen atoms in total. The van der Waals surface area contributed by atoms with E-state index in [2.05, 4.69) is 9.46 Å². The van der Waals surface area contributed by atoms with Gasteiger partial charge in [0.05, 0.1) is 16.2 Å². The smallest absolute Gasteiger partial charge is 0.406 e. The predicted molar refractivity (Wildman–Crippen MR) is 102 cm³/mol. The molecular weight excluding hydrogens is 431 g/mol. The normalized spacial score (nSPS) is 15.0. The minimum atomic E-state index is -4.90. The molecular formula is C18H20F3NO5S2. The van der Waals surface area contributed by atoms with E-state index in [1.165, 1.54) is 6.92 Å². The summed E-state index contributed by atoms with van der Waals surface area (Å²) in [4.78, 5) is -0.329. The molecule has 0 amide bonds. The molecule has 0 spiro atoms. The summed E-state index contributed by atoms with van der Waals surface area (Å²) in [5.74, 6) is -0.573. The summed E-state index contributed by atoms with van der Waals surface area (Å²) >= 11 is 0. The molecule has 0 saturated heterocycles. The summed E-state index contributed by atoms with van der Waals surface area (Å²) in [5, 5.41) is -1.09. The Bertz CT molecular complexity index is 1050. The van der Waals surface area contributed by atoms with Gasteiger partial charge in [0.2, 0.25) is 10.0 Å². The Balaban J connectivity index is 2.37. The van der Waals surface area contributed by atoms with Crippen LogP contribution in [-0.4, -0.2) is 34.7 Å². The highest BCUT2D eigenvalue weighted by Gasteiger charge is 2.33. The third kappa shape index (κ3) is 6.44. The third-order valence-electron chi connectivity index (χ3n) is 4.23. The Morgan fingerprint density at radius 3 is 1.90 bits per heavy atom. The van der Waals surface area contributed by atoms with Gasteiger partial charge in [0, 0.05) is 6.26 Å². The van der Waals surface area contributed by atoms with E-state index in [4.69, 9.17) is 0 Å². The van der Waals surface area contributed by atoms with Crippen LogP contribution in [0, 0.1) is 6.92 Å². The molecule has 0 aliphatic rings. The zero-order chi connectivity index (χ0) is 22.0. The lowest BCUT2D eigenvalue weighted by Gasteiger charge is -2.24. The second-order valence-electron chi connectivity index (χ2n) is 6.56. The molecule has 0 radical (unpaired) electrons. The second kappa shape index (κ2) is 8.33. The van der Waals surface area contributed by atoms with Gasteiger partial charge in [-0.2, -0.15) is 0 Å². The average Bonchev–Trinajstić information content (AvgIpc) is 2.58. The topological polar surface area (TPSA) is 89.5 Å². The maximum Gasteiger partial charge on any atom is 0.573 e. The molecule has 0 aromatic heterocycles. The Morgan fingerprint density at radius 1 is 0.931 bits per heavy atom. The number of hydrogen-bond acceptors (Lipinski definition) is 5. The molecule has 2 rings (SSSR count). The molecule has 11 heteroatoms. The van der Waals surface area contributed by atoms with Crippen LogP contribution in [0.3, 0.4) is 0 Å². The van der Waals surface area contributed by atoms with Crippen LogP contribution < -0.4 is 9.46 Å². The zero-order valence-corrected chi connectivity index (χ0v) is 17.4. The van der Waals surface area contributed by atoms with Gasteiger partial charge in [-0.05, 0) is 43.7 Å². The number of ether oxygens (including phenoxy) is 1.